The first-order valence-corrected chi connectivity index (χ1v) is 10.0. The standard InChI is InChI=1S/C20H20FN5O2S/c1-12-17(19(27)24-13-7-14(9-22)23-16(21)8-13)26-6-4-3-5-15(26)18(12)29-25-20(2)10-28-11-20/h3,5,7-8,25H,4,6,10-11H2,1-2H3,(H,23,24,27). The summed E-state index contributed by atoms with van der Waals surface area (Å²) < 4.78 is 24.3. The maximum Gasteiger partial charge on any atom is 0.272 e. The van der Waals surface area contributed by atoms with Crippen LogP contribution in [-0.2, 0) is 11.3 Å². The normalized spacial score (nSPS) is 16.6. The van der Waals surface area contributed by atoms with Crippen molar-refractivity contribution in [1.29, 1.82) is 5.26 Å². The second kappa shape index (κ2) is 7.63. The third kappa shape index (κ3) is 3.79. The van der Waals surface area contributed by atoms with Crippen LogP contribution >= 0.6 is 11.9 Å². The first-order chi connectivity index (χ1) is 13.9. The highest BCUT2D eigenvalue weighted by atomic mass is 32.2. The fourth-order valence-corrected chi connectivity index (χ4v) is 4.42. The number of carbonyl (C=O) groups is 1. The Labute approximate surface area is 172 Å². The van der Waals surface area contributed by atoms with E-state index >= 15 is 0 Å². The molecule has 1 saturated heterocycles. The number of halogens is 1. The van der Waals surface area contributed by atoms with E-state index in [0.717, 1.165) is 28.6 Å². The second-order valence-electron chi connectivity index (χ2n) is 7.42. The lowest BCUT2D eigenvalue weighted by molar-refractivity contribution is -0.0510. The summed E-state index contributed by atoms with van der Waals surface area (Å²) >= 11 is 1.50. The Hall–Kier alpha value is -2.67. The number of aromatic nitrogens is 2. The smallest absolute Gasteiger partial charge is 0.272 e. The number of hydrogen-bond donors (Lipinski definition) is 2. The van der Waals surface area contributed by atoms with Crippen LogP contribution in [0.25, 0.3) is 6.08 Å². The van der Waals surface area contributed by atoms with Gasteiger partial charge >= 0.3 is 0 Å². The number of ether oxygens (including phenoxy) is 1. The van der Waals surface area contributed by atoms with Crippen molar-refractivity contribution in [3.05, 3.63) is 46.8 Å². The Morgan fingerprint density at radius 2 is 2.24 bits per heavy atom. The van der Waals surface area contributed by atoms with E-state index in [0.29, 0.717) is 25.5 Å². The average molecular weight is 413 g/mol. The molecule has 0 radical (unpaired) electrons. The van der Waals surface area contributed by atoms with Crippen molar-refractivity contribution in [2.75, 3.05) is 18.5 Å². The Morgan fingerprint density at radius 3 is 2.93 bits per heavy atom. The zero-order chi connectivity index (χ0) is 20.6. The summed E-state index contributed by atoms with van der Waals surface area (Å²) in [6.07, 6.45) is 4.94. The van der Waals surface area contributed by atoms with Gasteiger partial charge in [0.2, 0.25) is 5.95 Å². The predicted molar refractivity (Wildman–Crippen MR) is 108 cm³/mol. The van der Waals surface area contributed by atoms with Gasteiger partial charge in [0.1, 0.15) is 17.5 Å². The van der Waals surface area contributed by atoms with Gasteiger partial charge < -0.3 is 14.6 Å². The molecule has 0 unspecified atom stereocenters. The molecule has 0 spiro atoms. The third-order valence-electron chi connectivity index (χ3n) is 4.91. The van der Waals surface area contributed by atoms with Crippen molar-refractivity contribution in [2.45, 2.75) is 37.2 Å². The molecular formula is C20H20FN5O2S. The molecule has 0 bridgehead atoms. The molecule has 29 heavy (non-hydrogen) atoms. The van der Waals surface area contributed by atoms with Crippen LogP contribution in [0, 0.1) is 24.2 Å². The molecular weight excluding hydrogens is 393 g/mol. The SMILES string of the molecule is Cc1c(SNC2(C)COC2)c2n(c1C(=O)Nc1cc(F)nc(C#N)c1)CCC=C2. The molecule has 1 fully saturated rings. The van der Waals surface area contributed by atoms with Crippen LogP contribution in [0.5, 0.6) is 0 Å². The first kappa shape index (κ1) is 19.6. The van der Waals surface area contributed by atoms with Crippen LogP contribution in [0.2, 0.25) is 0 Å². The zero-order valence-corrected chi connectivity index (χ0v) is 16.9. The van der Waals surface area contributed by atoms with Gasteiger partial charge in [0.05, 0.1) is 29.3 Å². The monoisotopic (exact) mass is 413 g/mol. The van der Waals surface area contributed by atoms with Crippen molar-refractivity contribution in [3.63, 3.8) is 0 Å². The Kier molecular flexibility index (Phi) is 5.17. The molecule has 0 atom stereocenters. The second-order valence-corrected chi connectivity index (χ2v) is 8.23. The molecule has 2 aromatic heterocycles. The molecule has 0 saturated carbocycles. The van der Waals surface area contributed by atoms with Crippen LogP contribution in [0.3, 0.4) is 0 Å². The number of anilines is 1. The quantitative estimate of drug-likeness (QED) is 0.578. The molecule has 2 aliphatic rings. The van der Waals surface area contributed by atoms with E-state index < -0.39 is 5.95 Å². The van der Waals surface area contributed by atoms with Gasteiger partial charge in [-0.1, -0.05) is 6.08 Å². The van der Waals surface area contributed by atoms with E-state index in [1.165, 1.54) is 18.0 Å². The summed E-state index contributed by atoms with van der Waals surface area (Å²) in [6.45, 7) is 5.98. The summed E-state index contributed by atoms with van der Waals surface area (Å²) in [7, 11) is 0. The number of rotatable bonds is 5. The van der Waals surface area contributed by atoms with Gasteiger partial charge in [0.15, 0.2) is 0 Å². The van der Waals surface area contributed by atoms with Gasteiger partial charge in [-0.05, 0) is 49.9 Å². The molecule has 9 heteroatoms. The van der Waals surface area contributed by atoms with Crippen LogP contribution < -0.4 is 10.0 Å². The fraction of sp³-hybridized carbons (Fsp3) is 0.350. The largest absolute Gasteiger partial charge is 0.377 e. The minimum atomic E-state index is -0.812. The van der Waals surface area contributed by atoms with E-state index in [1.54, 1.807) is 6.07 Å². The fourth-order valence-electron chi connectivity index (χ4n) is 3.42. The van der Waals surface area contributed by atoms with Gasteiger partial charge in [0, 0.05) is 18.3 Å². The summed E-state index contributed by atoms with van der Waals surface area (Å²) in [5.41, 5.74) is 2.37. The van der Waals surface area contributed by atoms with Crippen molar-refractivity contribution < 1.29 is 13.9 Å². The molecule has 0 aromatic carbocycles. The number of nitrogens with zero attached hydrogens (tertiary/aromatic N) is 3. The highest BCUT2D eigenvalue weighted by Gasteiger charge is 2.34. The lowest BCUT2D eigenvalue weighted by Crippen LogP contribution is -2.55. The van der Waals surface area contributed by atoms with Gasteiger partial charge in [-0.15, -0.1) is 0 Å². The van der Waals surface area contributed by atoms with Crippen LogP contribution in [0.4, 0.5) is 10.1 Å². The summed E-state index contributed by atoms with van der Waals surface area (Å²) in [5, 5.41) is 11.7. The molecule has 2 aliphatic heterocycles. The average Bonchev–Trinajstić information content (AvgIpc) is 2.95. The number of hydrogen-bond acceptors (Lipinski definition) is 6. The number of nitrogens with one attached hydrogen (secondary N) is 2. The summed E-state index contributed by atoms with van der Waals surface area (Å²) in [4.78, 5) is 17.5. The summed E-state index contributed by atoms with van der Waals surface area (Å²) in [6, 6.07) is 4.24. The number of carbonyl (C=O) groups excluding carboxylic acids is 1. The lowest BCUT2D eigenvalue weighted by Gasteiger charge is -2.38. The maximum absolute atomic E-state index is 13.6. The number of fused-ring (bicyclic) bond motifs is 1. The third-order valence-corrected chi connectivity index (χ3v) is 6.22. The molecule has 7 nitrogen and oxygen atoms in total. The van der Waals surface area contributed by atoms with Crippen molar-refractivity contribution >= 4 is 29.6 Å². The molecule has 2 N–H and O–H groups in total. The topological polar surface area (TPSA) is 92.0 Å². The van der Waals surface area contributed by atoms with Gasteiger partial charge in [-0.25, -0.2) is 9.71 Å². The van der Waals surface area contributed by atoms with Gasteiger partial charge in [-0.2, -0.15) is 9.65 Å². The molecule has 0 aliphatic carbocycles. The Bertz CT molecular complexity index is 1050. The van der Waals surface area contributed by atoms with Gasteiger partial charge in [0.25, 0.3) is 5.91 Å². The molecule has 150 valence electrons. The predicted octanol–water partition coefficient (Wildman–Crippen LogP) is 3.26. The van der Waals surface area contributed by atoms with Gasteiger partial charge in [-0.3, -0.25) is 4.79 Å². The first-order valence-electron chi connectivity index (χ1n) is 9.21. The molecule has 4 rings (SSSR count). The minimum absolute atomic E-state index is 0.0883. The number of amides is 1. The molecule has 2 aromatic rings. The van der Waals surface area contributed by atoms with Crippen molar-refractivity contribution in [3.8, 4) is 6.07 Å². The minimum Gasteiger partial charge on any atom is -0.377 e. The van der Waals surface area contributed by atoms with E-state index in [9.17, 15) is 9.18 Å². The highest BCUT2D eigenvalue weighted by molar-refractivity contribution is 7.97. The maximum atomic E-state index is 13.6. The van der Waals surface area contributed by atoms with E-state index in [-0.39, 0.29) is 22.8 Å². The molecule has 1 amide bonds. The van der Waals surface area contributed by atoms with Crippen molar-refractivity contribution in [2.24, 2.45) is 0 Å². The van der Waals surface area contributed by atoms with Crippen LogP contribution in [0.1, 0.15) is 40.8 Å². The van der Waals surface area contributed by atoms with Crippen molar-refractivity contribution in [1.82, 2.24) is 14.3 Å². The number of nitriles is 1. The summed E-state index contributed by atoms with van der Waals surface area (Å²) in [5.74, 6) is -1.16. The number of allylic oxidation sites excluding steroid dienone is 1. The Morgan fingerprint density at radius 1 is 1.45 bits per heavy atom. The van der Waals surface area contributed by atoms with E-state index in [2.05, 4.69) is 28.0 Å². The molecule has 4 heterocycles. The Balaban J connectivity index is 1.64. The van der Waals surface area contributed by atoms with E-state index in [1.807, 2.05) is 17.6 Å². The highest BCUT2D eigenvalue weighted by Crippen LogP contribution is 2.35. The van der Waals surface area contributed by atoms with E-state index in [4.69, 9.17) is 10.00 Å². The number of pyridine rings is 1. The van der Waals surface area contributed by atoms with Crippen LogP contribution in [0.15, 0.2) is 23.1 Å². The van der Waals surface area contributed by atoms with Crippen LogP contribution in [-0.4, -0.2) is 34.2 Å². The lowest BCUT2D eigenvalue weighted by atomic mass is 10.0. The zero-order valence-electron chi connectivity index (χ0n) is 16.1.